The molecule has 1 unspecified atom stereocenters. The van der Waals surface area contributed by atoms with Crippen LogP contribution in [-0.4, -0.2) is 30.3 Å². The Morgan fingerprint density at radius 1 is 1.38 bits per heavy atom. The molecule has 1 aromatic rings. The van der Waals surface area contributed by atoms with Crippen LogP contribution in [0.1, 0.15) is 32.8 Å². The van der Waals surface area contributed by atoms with Gasteiger partial charge in [0.25, 0.3) is 0 Å². The second-order valence-electron chi connectivity index (χ2n) is 6.42. The number of rotatable bonds is 6. The van der Waals surface area contributed by atoms with Crippen LogP contribution in [0.5, 0.6) is 0 Å². The fourth-order valence-electron chi connectivity index (χ4n) is 2.15. The van der Waals surface area contributed by atoms with E-state index in [9.17, 15) is 14.3 Å². The molecule has 0 radical (unpaired) electrons. The average molecular weight is 296 g/mol. The van der Waals surface area contributed by atoms with E-state index in [1.807, 2.05) is 6.07 Å². The van der Waals surface area contributed by atoms with Gasteiger partial charge in [0.1, 0.15) is 5.82 Å². The number of hydrogen-bond acceptors (Lipinski definition) is 2. The van der Waals surface area contributed by atoms with Crippen LogP contribution in [0.4, 0.5) is 9.18 Å². The number of benzene rings is 1. The highest BCUT2D eigenvalue weighted by Crippen LogP contribution is 2.20. The third-order valence-corrected chi connectivity index (χ3v) is 3.00. The number of carbonyl (C=O) groups excluding carboxylic acids is 1. The van der Waals surface area contributed by atoms with Crippen LogP contribution in [0.15, 0.2) is 24.3 Å². The number of halogens is 1. The lowest BCUT2D eigenvalue weighted by Gasteiger charge is -2.25. The number of urea groups is 1. The van der Waals surface area contributed by atoms with Crippen molar-refractivity contribution in [2.75, 3.05) is 13.2 Å². The van der Waals surface area contributed by atoms with Crippen LogP contribution in [0.3, 0.4) is 0 Å². The van der Waals surface area contributed by atoms with E-state index < -0.39 is 0 Å². The van der Waals surface area contributed by atoms with Gasteiger partial charge in [-0.1, -0.05) is 32.9 Å². The van der Waals surface area contributed by atoms with Crippen molar-refractivity contribution in [3.63, 3.8) is 0 Å². The zero-order valence-electron chi connectivity index (χ0n) is 12.9. The molecule has 1 aromatic carbocycles. The van der Waals surface area contributed by atoms with Crippen LogP contribution in [0.2, 0.25) is 0 Å². The van der Waals surface area contributed by atoms with E-state index in [1.165, 1.54) is 12.1 Å². The summed E-state index contributed by atoms with van der Waals surface area (Å²) < 4.78 is 13.0. The molecule has 0 aliphatic rings. The third-order valence-electron chi connectivity index (χ3n) is 3.00. The Kier molecular flexibility index (Phi) is 6.62. The number of aliphatic hydroxyl groups excluding tert-OH is 1. The van der Waals surface area contributed by atoms with Crippen molar-refractivity contribution in [2.24, 2.45) is 5.41 Å². The predicted octanol–water partition coefficient (Wildman–Crippen LogP) is 2.46. The molecule has 0 heterocycles. The molecule has 0 spiro atoms. The molecule has 0 saturated carbocycles. The Morgan fingerprint density at radius 3 is 2.67 bits per heavy atom. The fraction of sp³-hybridized carbons (Fsp3) is 0.562. The SMILES string of the molecule is CC(C)(C)CC(CO)NC(=O)NCCc1cccc(F)c1. The molecule has 3 N–H and O–H groups in total. The maximum absolute atomic E-state index is 13.0. The maximum Gasteiger partial charge on any atom is 0.315 e. The van der Waals surface area contributed by atoms with Crippen molar-refractivity contribution in [2.45, 2.75) is 39.7 Å². The number of carbonyl (C=O) groups is 1. The number of aliphatic hydroxyl groups is 1. The fourth-order valence-corrected chi connectivity index (χ4v) is 2.15. The van der Waals surface area contributed by atoms with Crippen molar-refractivity contribution in [1.82, 2.24) is 10.6 Å². The molecule has 1 rings (SSSR count). The Labute approximate surface area is 125 Å². The smallest absolute Gasteiger partial charge is 0.315 e. The van der Waals surface area contributed by atoms with Gasteiger partial charge >= 0.3 is 6.03 Å². The first-order chi connectivity index (χ1) is 9.80. The van der Waals surface area contributed by atoms with Gasteiger partial charge in [-0.05, 0) is 36.0 Å². The van der Waals surface area contributed by atoms with Crippen molar-refractivity contribution in [1.29, 1.82) is 0 Å². The number of amides is 2. The molecule has 0 fully saturated rings. The molecular formula is C16H25FN2O2. The van der Waals surface area contributed by atoms with E-state index in [-0.39, 0.29) is 29.9 Å². The number of nitrogens with one attached hydrogen (secondary N) is 2. The van der Waals surface area contributed by atoms with Gasteiger partial charge in [0, 0.05) is 6.54 Å². The predicted molar refractivity (Wildman–Crippen MR) is 81.6 cm³/mol. The lowest BCUT2D eigenvalue weighted by molar-refractivity contribution is 0.191. The van der Waals surface area contributed by atoms with Gasteiger partial charge in [0.15, 0.2) is 0 Å². The van der Waals surface area contributed by atoms with Gasteiger partial charge in [-0.25, -0.2) is 9.18 Å². The zero-order chi connectivity index (χ0) is 15.9. The summed E-state index contributed by atoms with van der Waals surface area (Å²) in [5.41, 5.74) is 0.867. The molecule has 4 nitrogen and oxygen atoms in total. The molecule has 1 atom stereocenters. The van der Waals surface area contributed by atoms with Crippen molar-refractivity contribution < 1.29 is 14.3 Å². The van der Waals surface area contributed by atoms with E-state index in [2.05, 4.69) is 31.4 Å². The van der Waals surface area contributed by atoms with Crippen molar-refractivity contribution in [3.8, 4) is 0 Å². The summed E-state index contributed by atoms with van der Waals surface area (Å²) in [6.07, 6.45) is 1.26. The number of hydrogen-bond donors (Lipinski definition) is 3. The molecule has 118 valence electrons. The van der Waals surface area contributed by atoms with Crippen LogP contribution in [0, 0.1) is 11.2 Å². The van der Waals surface area contributed by atoms with E-state index in [0.717, 1.165) is 5.56 Å². The minimum absolute atomic E-state index is 0.0300. The van der Waals surface area contributed by atoms with Gasteiger partial charge in [-0.15, -0.1) is 0 Å². The quantitative estimate of drug-likeness (QED) is 0.755. The Bertz CT molecular complexity index is 458. The summed E-state index contributed by atoms with van der Waals surface area (Å²) in [7, 11) is 0. The second kappa shape index (κ2) is 7.98. The summed E-state index contributed by atoms with van der Waals surface area (Å²) in [5, 5.41) is 14.8. The van der Waals surface area contributed by atoms with Crippen LogP contribution in [0.25, 0.3) is 0 Å². The van der Waals surface area contributed by atoms with Gasteiger partial charge in [0.2, 0.25) is 0 Å². The van der Waals surface area contributed by atoms with Gasteiger partial charge in [0.05, 0.1) is 12.6 Å². The monoisotopic (exact) mass is 296 g/mol. The molecule has 2 amide bonds. The first-order valence-corrected chi connectivity index (χ1v) is 7.20. The molecular weight excluding hydrogens is 271 g/mol. The van der Waals surface area contributed by atoms with Crippen LogP contribution < -0.4 is 10.6 Å². The van der Waals surface area contributed by atoms with E-state index in [0.29, 0.717) is 19.4 Å². The zero-order valence-corrected chi connectivity index (χ0v) is 12.9. The molecule has 21 heavy (non-hydrogen) atoms. The Hall–Kier alpha value is -1.62. The summed E-state index contributed by atoms with van der Waals surface area (Å²) >= 11 is 0. The van der Waals surface area contributed by atoms with E-state index in [1.54, 1.807) is 6.07 Å². The first-order valence-electron chi connectivity index (χ1n) is 7.20. The van der Waals surface area contributed by atoms with Crippen molar-refractivity contribution >= 4 is 6.03 Å². The largest absolute Gasteiger partial charge is 0.394 e. The minimum Gasteiger partial charge on any atom is -0.394 e. The van der Waals surface area contributed by atoms with Crippen molar-refractivity contribution in [3.05, 3.63) is 35.6 Å². The molecule has 5 heteroatoms. The molecule has 0 bridgehead atoms. The topological polar surface area (TPSA) is 61.4 Å². The summed E-state index contributed by atoms with van der Waals surface area (Å²) in [6, 6.07) is 5.74. The normalized spacial score (nSPS) is 12.8. The average Bonchev–Trinajstić information content (AvgIpc) is 2.36. The molecule has 0 saturated heterocycles. The second-order valence-corrected chi connectivity index (χ2v) is 6.42. The van der Waals surface area contributed by atoms with Crippen LogP contribution >= 0.6 is 0 Å². The highest BCUT2D eigenvalue weighted by molar-refractivity contribution is 5.74. The summed E-state index contributed by atoms with van der Waals surface area (Å²) in [6.45, 7) is 6.50. The standard InChI is InChI=1S/C16H25FN2O2/c1-16(2,3)10-14(11-20)19-15(21)18-8-7-12-5-4-6-13(17)9-12/h4-6,9,14,20H,7-8,10-11H2,1-3H3,(H2,18,19,21). The summed E-state index contributed by atoms with van der Waals surface area (Å²) in [5.74, 6) is -0.275. The summed E-state index contributed by atoms with van der Waals surface area (Å²) in [4.78, 5) is 11.7. The van der Waals surface area contributed by atoms with E-state index >= 15 is 0 Å². The lowest BCUT2D eigenvalue weighted by atomic mass is 9.88. The highest BCUT2D eigenvalue weighted by atomic mass is 19.1. The maximum atomic E-state index is 13.0. The van der Waals surface area contributed by atoms with Gasteiger partial charge in [-0.2, -0.15) is 0 Å². The molecule has 0 aliphatic heterocycles. The minimum atomic E-state index is -0.310. The third kappa shape index (κ3) is 7.66. The molecule has 0 aliphatic carbocycles. The van der Waals surface area contributed by atoms with Crippen LogP contribution in [-0.2, 0) is 6.42 Å². The van der Waals surface area contributed by atoms with Gasteiger partial charge < -0.3 is 15.7 Å². The Morgan fingerprint density at radius 2 is 2.10 bits per heavy atom. The first kappa shape index (κ1) is 17.4. The Balaban J connectivity index is 2.33. The highest BCUT2D eigenvalue weighted by Gasteiger charge is 2.19. The lowest BCUT2D eigenvalue weighted by Crippen LogP contribution is -2.45. The molecule has 0 aromatic heterocycles. The van der Waals surface area contributed by atoms with Gasteiger partial charge in [-0.3, -0.25) is 0 Å². The van der Waals surface area contributed by atoms with E-state index in [4.69, 9.17) is 0 Å².